The summed E-state index contributed by atoms with van der Waals surface area (Å²) in [5, 5.41) is 3.38. The van der Waals surface area contributed by atoms with Gasteiger partial charge in [0.05, 0.1) is 6.54 Å². The Morgan fingerprint density at radius 3 is 2.81 bits per heavy atom. The molecule has 0 atom stereocenters. The largest absolute Gasteiger partial charge is 0.396 e. The van der Waals surface area contributed by atoms with Gasteiger partial charge in [0.25, 0.3) is 5.89 Å². The van der Waals surface area contributed by atoms with Gasteiger partial charge in [-0.1, -0.05) is 17.3 Å². The van der Waals surface area contributed by atoms with Crippen molar-refractivity contribution in [3.63, 3.8) is 0 Å². The molecular weight excluding hydrogens is 367 g/mol. The van der Waals surface area contributed by atoms with Gasteiger partial charge in [-0.25, -0.2) is 4.99 Å². The Hall–Kier alpha value is -2.23. The fourth-order valence-electron chi connectivity index (χ4n) is 2.49. The zero-order valence-electron chi connectivity index (χ0n) is 13.9. The third-order valence-electron chi connectivity index (χ3n) is 3.76. The number of aromatic nitrogens is 2. The van der Waals surface area contributed by atoms with Crippen LogP contribution in [0.5, 0.6) is 0 Å². The van der Waals surface area contributed by atoms with Crippen molar-refractivity contribution in [3.05, 3.63) is 35.7 Å². The lowest BCUT2D eigenvalue weighted by Crippen LogP contribution is -2.42. The van der Waals surface area contributed by atoms with Crippen molar-refractivity contribution < 1.29 is 17.7 Å². The molecule has 1 aromatic carbocycles. The number of benzene rings is 1. The summed E-state index contributed by atoms with van der Waals surface area (Å²) in [5.41, 5.74) is 7.43. The van der Waals surface area contributed by atoms with E-state index in [1.54, 1.807) is 18.2 Å². The minimum atomic E-state index is -4.37. The van der Waals surface area contributed by atoms with E-state index in [4.69, 9.17) is 10.3 Å². The number of halogens is 3. The fraction of sp³-hybridized carbons (Fsp3) is 0.438. The van der Waals surface area contributed by atoms with Crippen LogP contribution >= 0.6 is 11.8 Å². The van der Waals surface area contributed by atoms with Crippen LogP contribution in [0.4, 0.5) is 13.2 Å². The Balaban J connectivity index is 1.68. The molecule has 1 aliphatic heterocycles. The molecule has 2 heterocycles. The standard InChI is InChI=1S/C16H18F3N5OS/c17-16(18,19)9-13-22-14(25-23-13)12-3-1-2-11(8-12)10-21-15(20)24-4-6-26-7-5-24/h1-3,8H,4-7,9-10H2,(H2,20,21). The van der Waals surface area contributed by atoms with Crippen molar-refractivity contribution in [1.29, 1.82) is 0 Å². The zero-order chi connectivity index (χ0) is 18.6. The van der Waals surface area contributed by atoms with Crippen molar-refractivity contribution >= 4 is 17.7 Å². The number of nitrogens with zero attached hydrogens (tertiary/aromatic N) is 4. The summed E-state index contributed by atoms with van der Waals surface area (Å²) >= 11 is 1.89. The Labute approximate surface area is 152 Å². The van der Waals surface area contributed by atoms with Crippen LogP contribution in [-0.2, 0) is 13.0 Å². The maximum absolute atomic E-state index is 12.4. The highest BCUT2D eigenvalue weighted by Crippen LogP contribution is 2.23. The lowest BCUT2D eigenvalue weighted by molar-refractivity contribution is -0.128. The molecule has 2 N–H and O–H groups in total. The molecule has 0 unspecified atom stereocenters. The highest BCUT2D eigenvalue weighted by molar-refractivity contribution is 7.99. The molecule has 0 radical (unpaired) electrons. The van der Waals surface area contributed by atoms with Crippen LogP contribution in [0.2, 0.25) is 0 Å². The topological polar surface area (TPSA) is 80.5 Å². The summed E-state index contributed by atoms with van der Waals surface area (Å²) in [5.74, 6) is 2.23. The number of rotatable bonds is 4. The monoisotopic (exact) mass is 385 g/mol. The molecule has 1 fully saturated rings. The molecule has 1 aliphatic rings. The maximum Gasteiger partial charge on any atom is 0.396 e. The quantitative estimate of drug-likeness (QED) is 0.644. The van der Waals surface area contributed by atoms with Gasteiger partial charge in [-0.2, -0.15) is 29.9 Å². The Bertz CT molecular complexity index is 771. The van der Waals surface area contributed by atoms with Crippen LogP contribution in [0.15, 0.2) is 33.8 Å². The van der Waals surface area contributed by atoms with Gasteiger partial charge in [0.2, 0.25) is 0 Å². The second-order valence-corrected chi connectivity index (χ2v) is 7.01. The highest BCUT2D eigenvalue weighted by Gasteiger charge is 2.30. The number of hydrogen-bond acceptors (Lipinski definition) is 5. The summed E-state index contributed by atoms with van der Waals surface area (Å²) in [6.45, 7) is 2.13. The smallest absolute Gasteiger partial charge is 0.370 e. The third kappa shape index (κ3) is 5.13. The Morgan fingerprint density at radius 1 is 1.31 bits per heavy atom. The highest BCUT2D eigenvalue weighted by atomic mass is 32.2. The van der Waals surface area contributed by atoms with E-state index in [2.05, 4.69) is 15.1 Å². The average Bonchev–Trinajstić information content (AvgIpc) is 3.07. The van der Waals surface area contributed by atoms with Crippen molar-refractivity contribution in [3.8, 4) is 11.5 Å². The molecule has 3 rings (SSSR count). The Kier molecular flexibility index (Phi) is 5.70. The molecular formula is C16H18F3N5OS. The van der Waals surface area contributed by atoms with Crippen molar-refractivity contribution in [2.75, 3.05) is 24.6 Å². The van der Waals surface area contributed by atoms with E-state index in [0.29, 0.717) is 18.1 Å². The van der Waals surface area contributed by atoms with Crippen LogP contribution < -0.4 is 5.73 Å². The second-order valence-electron chi connectivity index (χ2n) is 5.78. The molecule has 6 nitrogen and oxygen atoms in total. The first-order valence-corrected chi connectivity index (χ1v) is 9.17. The molecule has 1 saturated heterocycles. The zero-order valence-corrected chi connectivity index (χ0v) is 14.7. The predicted molar refractivity (Wildman–Crippen MR) is 93.7 cm³/mol. The van der Waals surface area contributed by atoms with Crippen molar-refractivity contribution in [2.24, 2.45) is 10.7 Å². The van der Waals surface area contributed by atoms with Gasteiger partial charge in [-0.05, 0) is 17.7 Å². The van der Waals surface area contributed by atoms with Gasteiger partial charge >= 0.3 is 6.18 Å². The molecule has 0 spiro atoms. The number of thioether (sulfide) groups is 1. The maximum atomic E-state index is 12.4. The first-order valence-electron chi connectivity index (χ1n) is 8.02. The third-order valence-corrected chi connectivity index (χ3v) is 4.70. The van der Waals surface area contributed by atoms with Gasteiger partial charge in [0.1, 0.15) is 6.42 Å². The fourth-order valence-corrected chi connectivity index (χ4v) is 3.39. The number of guanidine groups is 1. The van der Waals surface area contributed by atoms with E-state index in [1.807, 2.05) is 22.7 Å². The molecule has 0 saturated carbocycles. The molecule has 1 aromatic heterocycles. The number of nitrogens with two attached hydrogens (primary N) is 1. The van der Waals surface area contributed by atoms with E-state index >= 15 is 0 Å². The first kappa shape index (κ1) is 18.6. The van der Waals surface area contributed by atoms with Crippen LogP contribution in [0.1, 0.15) is 11.4 Å². The normalized spacial score (nSPS) is 16.1. The van der Waals surface area contributed by atoms with E-state index in [1.165, 1.54) is 0 Å². The van der Waals surface area contributed by atoms with Crippen molar-refractivity contribution in [1.82, 2.24) is 15.0 Å². The van der Waals surface area contributed by atoms with Gasteiger partial charge in [0, 0.05) is 30.2 Å². The SMILES string of the molecule is NC(=NCc1cccc(-c2nc(CC(F)(F)F)no2)c1)N1CCSCC1. The van der Waals surface area contributed by atoms with Gasteiger partial charge < -0.3 is 15.2 Å². The number of alkyl halides is 3. The molecule has 140 valence electrons. The van der Waals surface area contributed by atoms with Crippen LogP contribution in [0, 0.1) is 0 Å². The Morgan fingerprint density at radius 2 is 2.08 bits per heavy atom. The van der Waals surface area contributed by atoms with E-state index < -0.39 is 12.6 Å². The molecule has 0 bridgehead atoms. The molecule has 10 heteroatoms. The van der Waals surface area contributed by atoms with Crippen LogP contribution in [-0.4, -0.2) is 51.8 Å². The van der Waals surface area contributed by atoms with E-state index in [-0.39, 0.29) is 11.7 Å². The van der Waals surface area contributed by atoms with E-state index in [9.17, 15) is 13.2 Å². The van der Waals surface area contributed by atoms with Crippen LogP contribution in [0.3, 0.4) is 0 Å². The van der Waals surface area contributed by atoms with Crippen LogP contribution in [0.25, 0.3) is 11.5 Å². The summed E-state index contributed by atoms with van der Waals surface area (Å²) < 4.78 is 42.1. The van der Waals surface area contributed by atoms with Gasteiger partial charge in [-0.15, -0.1) is 0 Å². The van der Waals surface area contributed by atoms with Gasteiger partial charge in [-0.3, -0.25) is 0 Å². The average molecular weight is 385 g/mol. The minimum absolute atomic E-state index is 0.0520. The lowest BCUT2D eigenvalue weighted by Gasteiger charge is -2.27. The summed E-state index contributed by atoms with van der Waals surface area (Å²) in [6.07, 6.45) is -5.59. The first-order chi connectivity index (χ1) is 12.4. The predicted octanol–water partition coefficient (Wildman–Crippen LogP) is 2.70. The van der Waals surface area contributed by atoms with E-state index in [0.717, 1.165) is 30.2 Å². The second kappa shape index (κ2) is 7.98. The molecule has 2 aromatic rings. The molecule has 0 amide bonds. The summed E-state index contributed by atoms with van der Waals surface area (Å²) in [7, 11) is 0. The summed E-state index contributed by atoms with van der Waals surface area (Å²) in [6, 6.07) is 7.08. The minimum Gasteiger partial charge on any atom is -0.370 e. The number of hydrogen-bond donors (Lipinski definition) is 1. The lowest BCUT2D eigenvalue weighted by atomic mass is 10.1. The number of aliphatic imine (C=N–C) groups is 1. The van der Waals surface area contributed by atoms with Crippen molar-refractivity contribution in [2.45, 2.75) is 19.1 Å². The molecule has 26 heavy (non-hydrogen) atoms. The molecule has 0 aliphatic carbocycles. The summed E-state index contributed by atoms with van der Waals surface area (Å²) in [4.78, 5) is 10.3. The van der Waals surface area contributed by atoms with Gasteiger partial charge in [0.15, 0.2) is 11.8 Å².